The third-order valence-electron chi connectivity index (χ3n) is 3.01. The molecule has 0 radical (unpaired) electrons. The number of hydrogen-bond donors (Lipinski definition) is 2. The highest BCUT2D eigenvalue weighted by molar-refractivity contribution is 5.87. The highest BCUT2D eigenvalue weighted by atomic mass is 16.5. The number of hydroxylamine groups is 2. The second kappa shape index (κ2) is 6.28. The molecule has 1 aliphatic heterocycles. The summed E-state index contributed by atoms with van der Waals surface area (Å²) in [6, 6.07) is -0.599. The predicted molar refractivity (Wildman–Crippen MR) is 63.9 cm³/mol. The van der Waals surface area contributed by atoms with Gasteiger partial charge in [0.1, 0.15) is 18.7 Å². The van der Waals surface area contributed by atoms with E-state index in [-0.39, 0.29) is 5.91 Å². The molecule has 0 aliphatic carbocycles. The van der Waals surface area contributed by atoms with E-state index >= 15 is 0 Å². The molecule has 2 rings (SSSR count). The lowest BCUT2D eigenvalue weighted by Crippen LogP contribution is -2.51. The first-order valence-electron chi connectivity index (χ1n) is 6.29. The van der Waals surface area contributed by atoms with Crippen molar-refractivity contribution in [2.24, 2.45) is 0 Å². The van der Waals surface area contributed by atoms with Gasteiger partial charge in [0, 0.05) is 19.5 Å². The predicted octanol–water partition coefficient (Wildman–Crippen LogP) is -0.445. The van der Waals surface area contributed by atoms with Crippen molar-refractivity contribution in [1.29, 1.82) is 0 Å². The Morgan fingerprint density at radius 3 is 3.16 bits per heavy atom. The first kappa shape index (κ1) is 13.5. The van der Waals surface area contributed by atoms with Gasteiger partial charge in [0.25, 0.3) is 5.91 Å². The summed E-state index contributed by atoms with van der Waals surface area (Å²) in [5.74, 6) is -0.621. The Hall–Kier alpha value is -1.96. The Morgan fingerprint density at radius 1 is 1.58 bits per heavy atom. The van der Waals surface area contributed by atoms with Gasteiger partial charge < -0.3 is 5.32 Å². The van der Waals surface area contributed by atoms with Crippen molar-refractivity contribution in [1.82, 2.24) is 25.1 Å². The number of aromatic nitrogens is 3. The van der Waals surface area contributed by atoms with Crippen molar-refractivity contribution < 1.29 is 14.8 Å². The number of aryl methyl sites for hydroxylation is 1. The van der Waals surface area contributed by atoms with Gasteiger partial charge in [-0.1, -0.05) is 0 Å². The Morgan fingerprint density at radius 2 is 2.42 bits per heavy atom. The van der Waals surface area contributed by atoms with Crippen LogP contribution in [0.1, 0.15) is 25.7 Å². The lowest BCUT2D eigenvalue weighted by molar-refractivity contribution is -0.173. The van der Waals surface area contributed by atoms with E-state index in [0.717, 1.165) is 0 Å². The van der Waals surface area contributed by atoms with Gasteiger partial charge in [0.05, 0.1) is 0 Å². The minimum Gasteiger partial charge on any atom is -0.344 e. The van der Waals surface area contributed by atoms with Crippen LogP contribution in [0.15, 0.2) is 12.7 Å². The lowest BCUT2D eigenvalue weighted by Gasteiger charge is -2.27. The molecule has 1 fully saturated rings. The molecule has 1 unspecified atom stereocenters. The van der Waals surface area contributed by atoms with Gasteiger partial charge in [0.15, 0.2) is 0 Å². The molecule has 2 amide bonds. The van der Waals surface area contributed by atoms with Crippen LogP contribution in [0, 0.1) is 0 Å². The molecule has 1 aromatic heterocycles. The average molecular weight is 267 g/mol. The zero-order valence-electron chi connectivity index (χ0n) is 10.5. The Labute approximate surface area is 110 Å². The van der Waals surface area contributed by atoms with E-state index in [4.69, 9.17) is 0 Å². The molecule has 0 saturated carbocycles. The van der Waals surface area contributed by atoms with Crippen LogP contribution >= 0.6 is 0 Å². The molecule has 8 nitrogen and oxygen atoms in total. The van der Waals surface area contributed by atoms with Crippen LogP contribution in [0.4, 0.5) is 0 Å². The quantitative estimate of drug-likeness (QED) is 0.704. The van der Waals surface area contributed by atoms with E-state index in [1.54, 1.807) is 11.0 Å². The third kappa shape index (κ3) is 3.75. The van der Waals surface area contributed by atoms with E-state index in [1.165, 1.54) is 6.33 Å². The zero-order valence-corrected chi connectivity index (χ0v) is 10.5. The molecule has 1 aromatic rings. The van der Waals surface area contributed by atoms with Crippen LogP contribution in [-0.2, 0) is 16.1 Å². The third-order valence-corrected chi connectivity index (χ3v) is 3.01. The number of carbonyl (C=O) groups excluding carboxylic acids is 2. The number of nitrogens with one attached hydrogen (secondary N) is 1. The summed E-state index contributed by atoms with van der Waals surface area (Å²) in [5.41, 5.74) is 0. The maximum absolute atomic E-state index is 11.7. The molecule has 1 aliphatic rings. The van der Waals surface area contributed by atoms with E-state index in [0.29, 0.717) is 43.8 Å². The minimum absolute atomic E-state index is 0.186. The molecular formula is C11H17N5O3. The summed E-state index contributed by atoms with van der Waals surface area (Å²) in [4.78, 5) is 27.0. The van der Waals surface area contributed by atoms with Gasteiger partial charge in [-0.05, 0) is 19.3 Å². The van der Waals surface area contributed by atoms with Crippen molar-refractivity contribution in [2.45, 2.75) is 38.3 Å². The highest BCUT2D eigenvalue weighted by Gasteiger charge is 2.28. The minimum atomic E-state index is -0.599. The van der Waals surface area contributed by atoms with Crippen molar-refractivity contribution in [3.05, 3.63) is 12.7 Å². The van der Waals surface area contributed by atoms with Gasteiger partial charge in [-0.3, -0.25) is 19.5 Å². The lowest BCUT2D eigenvalue weighted by atomic mass is 10.1. The van der Waals surface area contributed by atoms with Crippen LogP contribution in [0.3, 0.4) is 0 Å². The van der Waals surface area contributed by atoms with Crippen molar-refractivity contribution in [2.75, 3.05) is 6.54 Å². The average Bonchev–Trinajstić information content (AvgIpc) is 2.88. The van der Waals surface area contributed by atoms with Gasteiger partial charge in [-0.2, -0.15) is 5.10 Å². The number of rotatable bonds is 5. The van der Waals surface area contributed by atoms with Crippen molar-refractivity contribution >= 4 is 11.8 Å². The van der Waals surface area contributed by atoms with Gasteiger partial charge >= 0.3 is 0 Å². The Balaban J connectivity index is 1.70. The van der Waals surface area contributed by atoms with E-state index < -0.39 is 11.9 Å². The van der Waals surface area contributed by atoms with Gasteiger partial charge in [-0.15, -0.1) is 0 Å². The number of amides is 2. The van der Waals surface area contributed by atoms with Crippen molar-refractivity contribution in [3.8, 4) is 0 Å². The first-order valence-corrected chi connectivity index (χ1v) is 6.29. The molecule has 0 aromatic carbocycles. The zero-order chi connectivity index (χ0) is 13.7. The van der Waals surface area contributed by atoms with Crippen LogP contribution in [-0.4, -0.2) is 49.4 Å². The van der Waals surface area contributed by atoms with Gasteiger partial charge in [-0.25, -0.2) is 10.0 Å². The molecule has 0 bridgehead atoms. The molecule has 1 atom stereocenters. The van der Waals surface area contributed by atoms with E-state index in [1.807, 2.05) is 0 Å². The summed E-state index contributed by atoms with van der Waals surface area (Å²) >= 11 is 0. The molecule has 0 spiro atoms. The summed E-state index contributed by atoms with van der Waals surface area (Å²) in [7, 11) is 0. The topological polar surface area (TPSA) is 100 Å². The fourth-order valence-electron chi connectivity index (χ4n) is 2.01. The first-order chi connectivity index (χ1) is 9.16. The number of carbonyl (C=O) groups is 2. The largest absolute Gasteiger partial charge is 0.344 e. The summed E-state index contributed by atoms with van der Waals surface area (Å²) in [6.45, 7) is 0.940. The maximum Gasteiger partial charge on any atom is 0.268 e. The maximum atomic E-state index is 11.7. The molecule has 104 valence electrons. The molecule has 1 saturated heterocycles. The summed E-state index contributed by atoms with van der Waals surface area (Å²) < 4.78 is 1.65. The van der Waals surface area contributed by atoms with Crippen LogP contribution in [0.2, 0.25) is 0 Å². The van der Waals surface area contributed by atoms with Gasteiger partial charge in [0.2, 0.25) is 5.91 Å². The number of nitrogens with zero attached hydrogens (tertiary/aromatic N) is 4. The molecule has 8 heteroatoms. The molecular weight excluding hydrogens is 250 g/mol. The second-order valence-electron chi connectivity index (χ2n) is 4.49. The highest BCUT2D eigenvalue weighted by Crippen LogP contribution is 2.09. The van der Waals surface area contributed by atoms with Crippen molar-refractivity contribution in [3.63, 3.8) is 0 Å². The SMILES string of the molecule is O=C(CCCn1cncn1)NC1CCCN(O)C1=O. The number of hydrogen-bond acceptors (Lipinski definition) is 5. The molecule has 2 heterocycles. The second-order valence-corrected chi connectivity index (χ2v) is 4.49. The van der Waals surface area contributed by atoms with Crippen LogP contribution in [0.25, 0.3) is 0 Å². The Kier molecular flexibility index (Phi) is 4.45. The number of piperidine rings is 1. The fourth-order valence-corrected chi connectivity index (χ4v) is 2.01. The van der Waals surface area contributed by atoms with Crippen LogP contribution < -0.4 is 5.32 Å². The summed E-state index contributed by atoms with van der Waals surface area (Å²) in [5, 5.41) is 16.5. The normalized spacial score (nSPS) is 19.5. The van der Waals surface area contributed by atoms with E-state index in [2.05, 4.69) is 15.4 Å². The fraction of sp³-hybridized carbons (Fsp3) is 0.636. The molecule has 19 heavy (non-hydrogen) atoms. The monoisotopic (exact) mass is 267 g/mol. The smallest absolute Gasteiger partial charge is 0.268 e. The van der Waals surface area contributed by atoms with E-state index in [9.17, 15) is 14.8 Å². The van der Waals surface area contributed by atoms with Crippen LogP contribution in [0.5, 0.6) is 0 Å². The Bertz CT molecular complexity index is 434. The molecule has 2 N–H and O–H groups in total. The summed E-state index contributed by atoms with van der Waals surface area (Å²) in [6.07, 6.45) is 5.23. The standard InChI is InChI=1S/C11H17N5O3/c17-10(4-2-5-15-8-12-7-13-15)14-9-3-1-6-16(19)11(9)18/h7-9,19H,1-6H2,(H,14,17).